The molecule has 0 unspecified atom stereocenters. The number of hydrogen-bond acceptors (Lipinski definition) is 6. The molecule has 6 rings (SSSR count). The predicted molar refractivity (Wildman–Crippen MR) is 128 cm³/mol. The topological polar surface area (TPSA) is 69.0 Å². The first-order chi connectivity index (χ1) is 16.9. The fraction of sp³-hybridized carbons (Fsp3) is 0.385. The van der Waals surface area contributed by atoms with Crippen molar-refractivity contribution in [3.63, 3.8) is 0 Å². The molecule has 4 heterocycles. The molecule has 7 nitrogen and oxygen atoms in total. The highest BCUT2D eigenvalue weighted by Crippen LogP contribution is 2.36. The first-order valence-corrected chi connectivity index (χ1v) is 11.9. The fourth-order valence-corrected chi connectivity index (χ4v) is 4.62. The van der Waals surface area contributed by atoms with Crippen molar-refractivity contribution in [3.8, 4) is 11.3 Å². The van der Waals surface area contributed by atoms with Crippen molar-refractivity contribution >= 4 is 17.0 Å². The standard InChI is InChI=1S/C26H26F2N6O/c1-14-8-21-24(20-7-4-18(27)9-22(20)28)31-26(32-25(21)30-16(14)3)33-11-15(2)35-23(13-33)17-10-29-34(12-17)19-5-6-19/h4,7-10,12,15,19,23H,5-6,11,13H2,1-3H3/t15-,23+/m0/s1. The van der Waals surface area contributed by atoms with Gasteiger partial charge in [0.15, 0.2) is 5.65 Å². The smallest absolute Gasteiger partial charge is 0.228 e. The number of aromatic nitrogens is 5. The third kappa shape index (κ3) is 4.14. The first kappa shape index (κ1) is 22.0. The SMILES string of the molecule is Cc1cc2c(-c3ccc(F)cc3F)nc(N3C[C@H](C)O[C@@H](c4cnn(C5CC5)c4)C3)nc2nc1C. The number of morpholine rings is 1. The Hall–Kier alpha value is -3.46. The minimum absolute atomic E-state index is 0.0731. The zero-order chi connectivity index (χ0) is 24.3. The molecule has 1 aliphatic heterocycles. The maximum Gasteiger partial charge on any atom is 0.228 e. The Bertz CT molecular complexity index is 1430. The van der Waals surface area contributed by atoms with Gasteiger partial charge in [-0.05, 0) is 57.4 Å². The van der Waals surface area contributed by atoms with Gasteiger partial charge in [0.25, 0.3) is 0 Å². The van der Waals surface area contributed by atoms with Gasteiger partial charge in [0.2, 0.25) is 5.95 Å². The minimum atomic E-state index is -0.671. The molecule has 0 N–H and O–H groups in total. The number of benzene rings is 1. The average Bonchev–Trinajstić information content (AvgIpc) is 3.55. The summed E-state index contributed by atoms with van der Waals surface area (Å²) >= 11 is 0. The Labute approximate surface area is 201 Å². The molecule has 35 heavy (non-hydrogen) atoms. The van der Waals surface area contributed by atoms with E-state index in [1.54, 1.807) is 0 Å². The third-order valence-electron chi connectivity index (χ3n) is 6.76. The van der Waals surface area contributed by atoms with Crippen LogP contribution < -0.4 is 4.90 Å². The van der Waals surface area contributed by atoms with Crippen LogP contribution in [-0.4, -0.2) is 43.9 Å². The van der Waals surface area contributed by atoms with Gasteiger partial charge < -0.3 is 9.64 Å². The third-order valence-corrected chi connectivity index (χ3v) is 6.76. The molecule has 0 bridgehead atoms. The molecular weight excluding hydrogens is 450 g/mol. The molecule has 2 atom stereocenters. The number of pyridine rings is 1. The summed E-state index contributed by atoms with van der Waals surface area (Å²) in [5, 5.41) is 5.14. The molecule has 2 fully saturated rings. The van der Waals surface area contributed by atoms with Crippen LogP contribution in [0, 0.1) is 25.5 Å². The molecule has 3 aromatic heterocycles. The molecule has 1 saturated heterocycles. The number of aryl methyl sites for hydroxylation is 2. The minimum Gasteiger partial charge on any atom is -0.367 e. The molecule has 1 aliphatic carbocycles. The zero-order valence-corrected chi connectivity index (χ0v) is 19.9. The summed E-state index contributed by atoms with van der Waals surface area (Å²) in [4.78, 5) is 16.3. The lowest BCUT2D eigenvalue weighted by molar-refractivity contribution is -0.0178. The van der Waals surface area contributed by atoms with Crippen LogP contribution in [0.25, 0.3) is 22.3 Å². The summed E-state index contributed by atoms with van der Waals surface area (Å²) in [5.74, 6) is -0.858. The number of fused-ring (bicyclic) bond motifs is 1. The highest BCUT2D eigenvalue weighted by molar-refractivity contribution is 5.92. The number of anilines is 1. The monoisotopic (exact) mass is 476 g/mol. The van der Waals surface area contributed by atoms with Crippen molar-refractivity contribution in [2.45, 2.75) is 51.9 Å². The highest BCUT2D eigenvalue weighted by Gasteiger charge is 2.31. The number of rotatable bonds is 4. The van der Waals surface area contributed by atoms with Gasteiger partial charge >= 0.3 is 0 Å². The van der Waals surface area contributed by atoms with Crippen molar-refractivity contribution in [3.05, 3.63) is 65.1 Å². The molecular formula is C26H26F2N6O. The lowest BCUT2D eigenvalue weighted by Gasteiger charge is -2.36. The molecule has 1 aromatic carbocycles. The maximum atomic E-state index is 14.9. The number of nitrogens with zero attached hydrogens (tertiary/aromatic N) is 6. The molecule has 0 radical (unpaired) electrons. The van der Waals surface area contributed by atoms with Gasteiger partial charge in [-0.2, -0.15) is 10.1 Å². The van der Waals surface area contributed by atoms with Crippen molar-refractivity contribution in [1.82, 2.24) is 24.7 Å². The summed E-state index contributed by atoms with van der Waals surface area (Å²) in [6.07, 6.45) is 5.99. The van der Waals surface area contributed by atoms with Crippen molar-refractivity contribution < 1.29 is 13.5 Å². The van der Waals surface area contributed by atoms with E-state index in [9.17, 15) is 8.78 Å². The second-order valence-electron chi connectivity index (χ2n) is 9.58. The molecule has 0 amide bonds. The Morgan fingerprint density at radius 1 is 1.03 bits per heavy atom. The number of halogens is 2. The number of ether oxygens (including phenoxy) is 1. The fourth-order valence-electron chi connectivity index (χ4n) is 4.62. The van der Waals surface area contributed by atoms with Gasteiger partial charge in [0.05, 0.1) is 30.6 Å². The molecule has 9 heteroatoms. The lowest BCUT2D eigenvalue weighted by Crippen LogP contribution is -2.43. The largest absolute Gasteiger partial charge is 0.367 e. The van der Waals surface area contributed by atoms with Crippen LogP contribution in [0.5, 0.6) is 0 Å². The van der Waals surface area contributed by atoms with E-state index in [1.165, 1.54) is 12.1 Å². The van der Waals surface area contributed by atoms with Gasteiger partial charge in [-0.25, -0.2) is 18.7 Å². The summed E-state index contributed by atoms with van der Waals surface area (Å²) in [6.45, 7) is 6.98. The summed E-state index contributed by atoms with van der Waals surface area (Å²) in [6, 6.07) is 5.95. The lowest BCUT2D eigenvalue weighted by atomic mass is 10.1. The predicted octanol–water partition coefficient (Wildman–Crippen LogP) is 5.08. The van der Waals surface area contributed by atoms with Gasteiger partial charge in [-0.3, -0.25) is 4.68 Å². The van der Waals surface area contributed by atoms with Crippen LogP contribution in [0.15, 0.2) is 36.7 Å². The van der Waals surface area contributed by atoms with E-state index in [-0.39, 0.29) is 17.8 Å². The summed E-state index contributed by atoms with van der Waals surface area (Å²) < 4.78 is 36.8. The average molecular weight is 477 g/mol. The Morgan fingerprint density at radius 3 is 2.63 bits per heavy atom. The maximum absolute atomic E-state index is 14.9. The van der Waals surface area contributed by atoms with Crippen LogP contribution in [0.4, 0.5) is 14.7 Å². The van der Waals surface area contributed by atoms with Crippen LogP contribution in [0.1, 0.15) is 48.7 Å². The Kier molecular flexibility index (Phi) is 5.25. The molecule has 2 aliphatic rings. The second-order valence-corrected chi connectivity index (χ2v) is 9.58. The van der Waals surface area contributed by atoms with Gasteiger partial charge in [-0.15, -0.1) is 0 Å². The van der Waals surface area contributed by atoms with E-state index >= 15 is 0 Å². The zero-order valence-electron chi connectivity index (χ0n) is 19.9. The number of hydrogen-bond donors (Lipinski definition) is 0. The second kappa shape index (κ2) is 8.34. The van der Waals surface area contributed by atoms with E-state index in [2.05, 4.69) is 21.2 Å². The van der Waals surface area contributed by atoms with Gasteiger partial charge in [0.1, 0.15) is 17.7 Å². The van der Waals surface area contributed by atoms with Crippen molar-refractivity contribution in [1.29, 1.82) is 0 Å². The van der Waals surface area contributed by atoms with E-state index in [0.29, 0.717) is 41.8 Å². The summed E-state index contributed by atoms with van der Waals surface area (Å²) in [7, 11) is 0. The van der Waals surface area contributed by atoms with E-state index in [0.717, 1.165) is 35.7 Å². The van der Waals surface area contributed by atoms with Crippen molar-refractivity contribution in [2.24, 2.45) is 0 Å². The van der Waals surface area contributed by atoms with Crippen molar-refractivity contribution in [2.75, 3.05) is 18.0 Å². The molecule has 180 valence electrons. The molecule has 0 spiro atoms. The Morgan fingerprint density at radius 2 is 1.86 bits per heavy atom. The normalized spacial score (nSPS) is 20.5. The van der Waals surface area contributed by atoms with Gasteiger partial charge in [-0.1, -0.05) is 0 Å². The van der Waals surface area contributed by atoms with E-state index < -0.39 is 11.6 Å². The highest BCUT2D eigenvalue weighted by atomic mass is 19.1. The van der Waals surface area contributed by atoms with E-state index in [1.807, 2.05) is 37.7 Å². The molecule has 1 saturated carbocycles. The first-order valence-electron chi connectivity index (χ1n) is 11.9. The van der Waals surface area contributed by atoms with Crippen LogP contribution in [-0.2, 0) is 4.74 Å². The van der Waals surface area contributed by atoms with Crippen LogP contribution in [0.2, 0.25) is 0 Å². The molecule has 4 aromatic rings. The van der Waals surface area contributed by atoms with Gasteiger partial charge in [0, 0.05) is 41.0 Å². The Balaban J connectivity index is 1.43. The van der Waals surface area contributed by atoms with Crippen LogP contribution in [0.3, 0.4) is 0 Å². The quantitative estimate of drug-likeness (QED) is 0.409. The summed E-state index contributed by atoms with van der Waals surface area (Å²) in [5.41, 5.74) is 3.90. The van der Waals surface area contributed by atoms with E-state index in [4.69, 9.17) is 14.7 Å². The van der Waals surface area contributed by atoms with Crippen LogP contribution >= 0.6 is 0 Å².